The maximum Gasteiger partial charge on any atom is 0.145 e. The van der Waals surface area contributed by atoms with Crippen molar-refractivity contribution >= 4 is 16.9 Å². The lowest BCUT2D eigenvalue weighted by atomic mass is 10.3. The van der Waals surface area contributed by atoms with E-state index in [0.29, 0.717) is 12.2 Å². The minimum absolute atomic E-state index is 0.198. The zero-order chi connectivity index (χ0) is 13.2. The van der Waals surface area contributed by atoms with E-state index in [4.69, 9.17) is 11.0 Å². The van der Waals surface area contributed by atoms with Gasteiger partial charge in [0.1, 0.15) is 29.1 Å². The number of nitriles is 1. The van der Waals surface area contributed by atoms with Gasteiger partial charge in [-0.1, -0.05) is 12.1 Å². The molecule has 0 aliphatic rings. The maximum absolute atomic E-state index is 8.77. The van der Waals surface area contributed by atoms with Gasteiger partial charge in [0.05, 0.1) is 23.7 Å². The molecule has 6 nitrogen and oxygen atoms in total. The lowest BCUT2D eigenvalue weighted by Crippen LogP contribution is -2.03. The van der Waals surface area contributed by atoms with Crippen LogP contribution in [0, 0.1) is 11.3 Å². The Bertz CT molecular complexity index is 750. The number of nitrogens with one attached hydrogen (secondary N) is 1. The van der Waals surface area contributed by atoms with E-state index < -0.39 is 0 Å². The van der Waals surface area contributed by atoms with Crippen molar-refractivity contribution in [2.24, 2.45) is 0 Å². The number of H-pyrrole nitrogens is 1. The molecule has 3 aromatic rings. The summed E-state index contributed by atoms with van der Waals surface area (Å²) in [4.78, 5) is 15.8. The normalized spacial score (nSPS) is 10.5. The smallest absolute Gasteiger partial charge is 0.145 e. The van der Waals surface area contributed by atoms with Crippen LogP contribution in [-0.2, 0) is 6.42 Å². The van der Waals surface area contributed by atoms with Crippen molar-refractivity contribution in [3.8, 4) is 6.07 Å². The molecular formula is C13H10N6. The Balaban J connectivity index is 1.92. The van der Waals surface area contributed by atoms with Gasteiger partial charge in [-0.3, -0.25) is 0 Å². The molecule has 2 heterocycles. The highest BCUT2D eigenvalue weighted by atomic mass is 15.0. The van der Waals surface area contributed by atoms with Gasteiger partial charge in [0.25, 0.3) is 0 Å². The van der Waals surface area contributed by atoms with E-state index in [1.54, 1.807) is 0 Å². The van der Waals surface area contributed by atoms with Gasteiger partial charge in [-0.15, -0.1) is 0 Å². The van der Waals surface area contributed by atoms with Crippen molar-refractivity contribution in [2.45, 2.75) is 6.42 Å². The molecule has 2 aromatic heterocycles. The molecule has 19 heavy (non-hydrogen) atoms. The Morgan fingerprint density at radius 2 is 2.11 bits per heavy atom. The van der Waals surface area contributed by atoms with Crippen molar-refractivity contribution in [3.63, 3.8) is 0 Å². The third-order valence-corrected chi connectivity index (χ3v) is 2.75. The third kappa shape index (κ3) is 2.09. The average Bonchev–Trinajstić information content (AvgIpc) is 2.81. The number of imidazole rings is 1. The first-order chi connectivity index (χ1) is 9.26. The van der Waals surface area contributed by atoms with Crippen LogP contribution in [0.15, 0.2) is 30.5 Å². The summed E-state index contributed by atoms with van der Waals surface area (Å²) in [5.74, 6) is 1.50. The number of nitrogens with two attached hydrogens (primary N) is 1. The highest BCUT2D eigenvalue weighted by molar-refractivity contribution is 5.74. The molecule has 0 fully saturated rings. The molecule has 92 valence electrons. The number of benzene rings is 1. The lowest BCUT2D eigenvalue weighted by molar-refractivity contribution is 0.919. The number of nitrogen functional groups attached to an aromatic ring is 1. The minimum atomic E-state index is 0.198. The monoisotopic (exact) mass is 250 g/mol. The van der Waals surface area contributed by atoms with E-state index in [9.17, 15) is 0 Å². The number of hydrogen-bond donors (Lipinski definition) is 2. The number of para-hydroxylation sites is 2. The van der Waals surface area contributed by atoms with Gasteiger partial charge in [-0.05, 0) is 12.1 Å². The Morgan fingerprint density at radius 1 is 1.26 bits per heavy atom. The number of aromatic nitrogens is 4. The number of anilines is 1. The Kier molecular flexibility index (Phi) is 2.58. The topological polar surface area (TPSA) is 104 Å². The molecule has 1 aromatic carbocycles. The molecule has 0 saturated heterocycles. The van der Waals surface area contributed by atoms with E-state index in [1.165, 1.54) is 6.20 Å². The van der Waals surface area contributed by atoms with Gasteiger partial charge in [-0.25, -0.2) is 15.0 Å². The Morgan fingerprint density at radius 3 is 2.84 bits per heavy atom. The Labute approximate surface area is 109 Å². The predicted octanol–water partition coefficient (Wildman–Crippen LogP) is 1.40. The Hall–Kier alpha value is -2.94. The molecule has 3 N–H and O–H groups in total. The number of aromatic amines is 1. The van der Waals surface area contributed by atoms with Crippen LogP contribution in [0.25, 0.3) is 11.0 Å². The fourth-order valence-electron chi connectivity index (χ4n) is 1.84. The molecule has 0 saturated carbocycles. The molecule has 0 spiro atoms. The SMILES string of the molecule is N#Cc1cnc(Cc2nc3ccccc3[nH]2)nc1N. The van der Waals surface area contributed by atoms with Gasteiger partial charge in [0.2, 0.25) is 0 Å². The molecule has 3 rings (SSSR count). The predicted molar refractivity (Wildman–Crippen MR) is 70.1 cm³/mol. The first-order valence-corrected chi connectivity index (χ1v) is 5.71. The molecule has 0 aliphatic heterocycles. The second kappa shape index (κ2) is 4.38. The summed E-state index contributed by atoms with van der Waals surface area (Å²) in [5, 5.41) is 8.77. The fourth-order valence-corrected chi connectivity index (χ4v) is 1.84. The van der Waals surface area contributed by atoms with Crippen LogP contribution >= 0.6 is 0 Å². The molecule has 0 unspecified atom stereocenters. The van der Waals surface area contributed by atoms with Crippen LogP contribution in [-0.4, -0.2) is 19.9 Å². The first kappa shape index (κ1) is 11.2. The van der Waals surface area contributed by atoms with E-state index in [1.807, 2.05) is 30.3 Å². The van der Waals surface area contributed by atoms with Crippen LogP contribution < -0.4 is 5.73 Å². The summed E-state index contributed by atoms with van der Waals surface area (Å²) in [6.45, 7) is 0. The zero-order valence-electron chi connectivity index (χ0n) is 9.96. The van der Waals surface area contributed by atoms with E-state index >= 15 is 0 Å². The van der Waals surface area contributed by atoms with Crippen LogP contribution in [0.3, 0.4) is 0 Å². The molecule has 6 heteroatoms. The molecule has 0 amide bonds. The summed E-state index contributed by atoms with van der Waals surface area (Å²) in [6, 6.07) is 9.71. The maximum atomic E-state index is 8.77. The molecule has 0 bridgehead atoms. The van der Waals surface area contributed by atoms with Crippen LogP contribution in [0.5, 0.6) is 0 Å². The highest BCUT2D eigenvalue weighted by Gasteiger charge is 2.07. The average molecular weight is 250 g/mol. The van der Waals surface area contributed by atoms with Gasteiger partial charge >= 0.3 is 0 Å². The lowest BCUT2D eigenvalue weighted by Gasteiger charge is -1.99. The van der Waals surface area contributed by atoms with Crippen LogP contribution in [0.4, 0.5) is 5.82 Å². The quantitative estimate of drug-likeness (QED) is 0.715. The van der Waals surface area contributed by atoms with Crippen molar-refractivity contribution in [1.29, 1.82) is 5.26 Å². The van der Waals surface area contributed by atoms with Gasteiger partial charge in [0.15, 0.2) is 0 Å². The standard InChI is InChI=1S/C13H10N6/c14-6-8-7-16-11(19-13(8)15)5-12-17-9-3-1-2-4-10(9)18-12/h1-4,7H,5H2,(H,17,18)(H2,15,16,19). The number of rotatable bonds is 2. The van der Waals surface area contributed by atoms with Crippen molar-refractivity contribution in [1.82, 2.24) is 19.9 Å². The summed E-state index contributed by atoms with van der Waals surface area (Å²) < 4.78 is 0. The fraction of sp³-hybridized carbons (Fsp3) is 0.0769. The van der Waals surface area contributed by atoms with Gasteiger partial charge < -0.3 is 10.7 Å². The number of nitrogens with zero attached hydrogens (tertiary/aromatic N) is 4. The van der Waals surface area contributed by atoms with Crippen molar-refractivity contribution < 1.29 is 0 Å². The summed E-state index contributed by atoms with van der Waals surface area (Å²) in [7, 11) is 0. The first-order valence-electron chi connectivity index (χ1n) is 5.71. The highest BCUT2D eigenvalue weighted by Crippen LogP contribution is 2.13. The second-order valence-electron chi connectivity index (χ2n) is 4.07. The number of fused-ring (bicyclic) bond motifs is 1. The summed E-state index contributed by atoms with van der Waals surface area (Å²) >= 11 is 0. The third-order valence-electron chi connectivity index (χ3n) is 2.75. The molecule has 0 aliphatic carbocycles. The van der Waals surface area contributed by atoms with E-state index in [-0.39, 0.29) is 11.4 Å². The van der Waals surface area contributed by atoms with E-state index in [0.717, 1.165) is 16.9 Å². The van der Waals surface area contributed by atoms with E-state index in [2.05, 4.69) is 19.9 Å². The van der Waals surface area contributed by atoms with Crippen LogP contribution in [0.1, 0.15) is 17.2 Å². The largest absolute Gasteiger partial charge is 0.382 e. The van der Waals surface area contributed by atoms with Crippen LogP contribution in [0.2, 0.25) is 0 Å². The summed E-state index contributed by atoms with van der Waals surface area (Å²) in [6.07, 6.45) is 1.88. The zero-order valence-corrected chi connectivity index (χ0v) is 9.96. The second-order valence-corrected chi connectivity index (χ2v) is 4.07. The molecule has 0 radical (unpaired) electrons. The van der Waals surface area contributed by atoms with Gasteiger partial charge in [0, 0.05) is 0 Å². The van der Waals surface area contributed by atoms with Gasteiger partial charge in [-0.2, -0.15) is 5.26 Å². The summed E-state index contributed by atoms with van der Waals surface area (Å²) in [5.41, 5.74) is 7.82. The minimum Gasteiger partial charge on any atom is -0.382 e. The molecule has 0 atom stereocenters. The number of hydrogen-bond acceptors (Lipinski definition) is 5. The van der Waals surface area contributed by atoms with Crippen molar-refractivity contribution in [2.75, 3.05) is 5.73 Å². The molecular weight excluding hydrogens is 240 g/mol. The van der Waals surface area contributed by atoms with Crippen molar-refractivity contribution in [3.05, 3.63) is 47.7 Å².